The number of ether oxygens (including phenoxy) is 1. The third kappa shape index (κ3) is 5.50. The van der Waals surface area contributed by atoms with E-state index in [4.69, 9.17) is 9.88 Å². The zero-order chi connectivity index (χ0) is 20.9. The van der Waals surface area contributed by atoms with E-state index in [0.717, 1.165) is 0 Å². The van der Waals surface area contributed by atoms with Gasteiger partial charge in [0.1, 0.15) is 5.75 Å². The predicted octanol–water partition coefficient (Wildman–Crippen LogP) is 2.58. The van der Waals surface area contributed by atoms with Gasteiger partial charge in [0.05, 0.1) is 4.90 Å². The molecule has 0 unspecified atom stereocenters. The van der Waals surface area contributed by atoms with E-state index in [9.17, 15) is 18.0 Å². The molecule has 1 amide bonds. The van der Waals surface area contributed by atoms with Gasteiger partial charge >= 0.3 is 0 Å². The van der Waals surface area contributed by atoms with E-state index in [-0.39, 0.29) is 23.0 Å². The Balaban J connectivity index is 1.58. The Hall–Kier alpha value is -3.49. The van der Waals surface area contributed by atoms with Gasteiger partial charge in [-0.15, -0.1) is 0 Å². The zero-order valence-corrected chi connectivity index (χ0v) is 16.1. The van der Waals surface area contributed by atoms with E-state index in [1.165, 1.54) is 24.3 Å². The number of nitrogens with two attached hydrogens (primary N) is 1. The number of rotatable bonds is 7. The van der Waals surface area contributed by atoms with Crippen molar-refractivity contribution in [3.8, 4) is 5.75 Å². The Kier molecular flexibility index (Phi) is 6.06. The van der Waals surface area contributed by atoms with Gasteiger partial charge in [0.2, 0.25) is 10.0 Å². The van der Waals surface area contributed by atoms with Crippen LogP contribution in [-0.4, -0.2) is 26.7 Å². The van der Waals surface area contributed by atoms with Gasteiger partial charge in [0.15, 0.2) is 12.4 Å². The highest BCUT2D eigenvalue weighted by Gasteiger charge is 2.11. The minimum atomic E-state index is -3.86. The summed E-state index contributed by atoms with van der Waals surface area (Å²) in [6.07, 6.45) is 0. The van der Waals surface area contributed by atoms with Crippen LogP contribution in [-0.2, 0) is 14.8 Å². The maximum absolute atomic E-state index is 12.4. The fraction of sp³-hybridized carbons (Fsp3) is 0.0476. The highest BCUT2D eigenvalue weighted by atomic mass is 32.2. The summed E-state index contributed by atoms with van der Waals surface area (Å²) in [5.41, 5.74) is 1.38. The molecule has 0 aliphatic rings. The van der Waals surface area contributed by atoms with Gasteiger partial charge in [-0.05, 0) is 42.5 Å². The van der Waals surface area contributed by atoms with Crippen LogP contribution in [0.3, 0.4) is 0 Å². The Morgan fingerprint density at radius 1 is 0.862 bits per heavy atom. The first-order valence-corrected chi connectivity index (χ1v) is 10.1. The second-order valence-electron chi connectivity index (χ2n) is 6.13. The van der Waals surface area contributed by atoms with E-state index >= 15 is 0 Å². The number of anilines is 1. The standard InChI is InChI=1S/C21H18N2O5S/c22-29(26,27)19-8-4-7-17(13-19)23-20(24)14-28-18-11-9-16(10-12-18)21(25)15-5-2-1-3-6-15/h1-13H,14H2,(H,23,24)(H2,22,26,27). The number of ketones is 1. The number of amides is 1. The summed E-state index contributed by atoms with van der Waals surface area (Å²) < 4.78 is 28.1. The lowest BCUT2D eigenvalue weighted by Crippen LogP contribution is -2.20. The van der Waals surface area contributed by atoms with Crippen LogP contribution in [0.15, 0.2) is 83.8 Å². The summed E-state index contributed by atoms with van der Waals surface area (Å²) in [6.45, 7) is -0.286. The van der Waals surface area contributed by atoms with E-state index in [0.29, 0.717) is 16.9 Å². The van der Waals surface area contributed by atoms with Crippen LogP contribution in [0.4, 0.5) is 5.69 Å². The lowest BCUT2D eigenvalue weighted by molar-refractivity contribution is -0.118. The first-order valence-electron chi connectivity index (χ1n) is 8.58. The van der Waals surface area contributed by atoms with Crippen LogP contribution in [0.5, 0.6) is 5.75 Å². The average Bonchev–Trinajstić information content (AvgIpc) is 2.72. The van der Waals surface area contributed by atoms with Crippen LogP contribution in [0.25, 0.3) is 0 Å². The molecule has 0 heterocycles. The maximum atomic E-state index is 12.4. The monoisotopic (exact) mass is 410 g/mol. The van der Waals surface area contributed by atoms with Crippen molar-refractivity contribution in [3.05, 3.63) is 90.0 Å². The first kappa shape index (κ1) is 20.2. The second-order valence-corrected chi connectivity index (χ2v) is 7.69. The van der Waals surface area contributed by atoms with Gasteiger partial charge in [-0.25, -0.2) is 13.6 Å². The fourth-order valence-electron chi connectivity index (χ4n) is 2.56. The van der Waals surface area contributed by atoms with Crippen molar-refractivity contribution < 1.29 is 22.7 Å². The molecule has 3 aromatic carbocycles. The van der Waals surface area contributed by atoms with Crippen molar-refractivity contribution in [3.63, 3.8) is 0 Å². The van der Waals surface area contributed by atoms with Gasteiger partial charge in [0.25, 0.3) is 5.91 Å². The summed E-state index contributed by atoms with van der Waals surface area (Å²) in [5, 5.41) is 7.61. The Morgan fingerprint density at radius 3 is 2.17 bits per heavy atom. The summed E-state index contributed by atoms with van der Waals surface area (Å²) in [6, 6.07) is 21.0. The van der Waals surface area contributed by atoms with Crippen molar-refractivity contribution in [1.29, 1.82) is 0 Å². The maximum Gasteiger partial charge on any atom is 0.262 e. The van der Waals surface area contributed by atoms with Crippen molar-refractivity contribution in [2.45, 2.75) is 4.90 Å². The van der Waals surface area contributed by atoms with Gasteiger partial charge in [-0.1, -0.05) is 36.4 Å². The Labute approximate surface area is 168 Å². The molecule has 0 bridgehead atoms. The molecule has 29 heavy (non-hydrogen) atoms. The largest absolute Gasteiger partial charge is 0.484 e. The summed E-state index contributed by atoms with van der Waals surface area (Å²) in [7, 11) is -3.86. The normalized spacial score (nSPS) is 10.9. The second kappa shape index (κ2) is 8.68. The van der Waals surface area contributed by atoms with Crippen LogP contribution < -0.4 is 15.2 Å². The molecule has 148 valence electrons. The summed E-state index contributed by atoms with van der Waals surface area (Å²) in [4.78, 5) is 24.3. The van der Waals surface area contributed by atoms with Gasteiger partial charge in [0, 0.05) is 16.8 Å². The molecule has 0 atom stereocenters. The van der Waals surface area contributed by atoms with E-state index < -0.39 is 15.9 Å². The molecule has 0 fully saturated rings. The van der Waals surface area contributed by atoms with Crippen molar-refractivity contribution in [1.82, 2.24) is 0 Å². The molecule has 0 radical (unpaired) electrons. The third-order valence-electron chi connectivity index (χ3n) is 3.97. The fourth-order valence-corrected chi connectivity index (χ4v) is 3.11. The third-order valence-corrected chi connectivity index (χ3v) is 4.88. The summed E-state index contributed by atoms with van der Waals surface area (Å²) in [5.74, 6) is -0.159. The molecule has 3 rings (SSSR count). The number of hydrogen-bond acceptors (Lipinski definition) is 5. The highest BCUT2D eigenvalue weighted by Crippen LogP contribution is 2.17. The zero-order valence-electron chi connectivity index (χ0n) is 15.2. The number of primary sulfonamides is 1. The van der Waals surface area contributed by atoms with E-state index in [2.05, 4.69) is 5.32 Å². The average molecular weight is 410 g/mol. The number of hydrogen-bond donors (Lipinski definition) is 2. The SMILES string of the molecule is NS(=O)(=O)c1cccc(NC(=O)COc2ccc(C(=O)c3ccccc3)cc2)c1. The smallest absolute Gasteiger partial charge is 0.262 e. The van der Waals surface area contributed by atoms with Crippen molar-refractivity contribution in [2.75, 3.05) is 11.9 Å². The molecular formula is C21H18N2O5S. The first-order chi connectivity index (χ1) is 13.8. The molecule has 0 saturated carbocycles. The van der Waals surface area contributed by atoms with E-state index in [1.807, 2.05) is 6.07 Å². The van der Waals surface area contributed by atoms with E-state index in [1.54, 1.807) is 48.5 Å². The van der Waals surface area contributed by atoms with Crippen molar-refractivity contribution >= 4 is 27.4 Å². The molecular weight excluding hydrogens is 392 g/mol. The molecule has 3 aromatic rings. The topological polar surface area (TPSA) is 116 Å². The number of benzene rings is 3. The number of nitrogens with one attached hydrogen (secondary N) is 1. The molecule has 0 aliphatic carbocycles. The molecule has 3 N–H and O–H groups in total. The van der Waals surface area contributed by atoms with Crippen LogP contribution in [0.1, 0.15) is 15.9 Å². The Morgan fingerprint density at radius 2 is 1.52 bits per heavy atom. The lowest BCUT2D eigenvalue weighted by atomic mass is 10.0. The van der Waals surface area contributed by atoms with Crippen molar-refractivity contribution in [2.24, 2.45) is 5.14 Å². The molecule has 0 spiro atoms. The quantitative estimate of drug-likeness (QED) is 0.581. The highest BCUT2D eigenvalue weighted by molar-refractivity contribution is 7.89. The summed E-state index contributed by atoms with van der Waals surface area (Å²) >= 11 is 0. The minimum absolute atomic E-state index is 0.102. The van der Waals surface area contributed by atoms with Crippen LogP contribution in [0.2, 0.25) is 0 Å². The van der Waals surface area contributed by atoms with Crippen LogP contribution >= 0.6 is 0 Å². The molecule has 0 aliphatic heterocycles. The van der Waals surface area contributed by atoms with Gasteiger partial charge in [-0.2, -0.15) is 0 Å². The minimum Gasteiger partial charge on any atom is -0.484 e. The lowest BCUT2D eigenvalue weighted by Gasteiger charge is -2.09. The molecule has 8 heteroatoms. The van der Waals surface area contributed by atoms with Gasteiger partial charge in [-0.3, -0.25) is 9.59 Å². The number of carbonyl (C=O) groups excluding carboxylic acids is 2. The number of carbonyl (C=O) groups is 2. The molecule has 7 nitrogen and oxygen atoms in total. The Bertz CT molecular complexity index is 1130. The molecule has 0 aromatic heterocycles. The predicted molar refractivity (Wildman–Crippen MR) is 108 cm³/mol. The van der Waals surface area contributed by atoms with Crippen LogP contribution in [0, 0.1) is 0 Å². The number of sulfonamides is 1. The molecule has 0 saturated heterocycles. The van der Waals surface area contributed by atoms with Gasteiger partial charge < -0.3 is 10.1 Å².